The van der Waals surface area contributed by atoms with Crippen molar-refractivity contribution in [1.82, 2.24) is 4.90 Å². The van der Waals surface area contributed by atoms with E-state index in [0.717, 1.165) is 44.1 Å². The topological polar surface area (TPSA) is 49.8 Å². The van der Waals surface area contributed by atoms with Crippen LogP contribution in [0.25, 0.3) is 0 Å². The molecular weight excluding hydrogens is 280 g/mol. The first kappa shape index (κ1) is 17.2. The molecular formula is C15H21F2NO3. The van der Waals surface area contributed by atoms with E-state index in [1.165, 1.54) is 0 Å². The lowest BCUT2D eigenvalue weighted by molar-refractivity contribution is 0.0295. The number of hydrogen-bond acceptors (Lipinski definition) is 3. The van der Waals surface area contributed by atoms with Crippen LogP contribution in [0.1, 0.15) is 33.6 Å². The number of benzene rings is 1. The monoisotopic (exact) mass is 301 g/mol. The van der Waals surface area contributed by atoms with Crippen LogP contribution in [-0.2, 0) is 4.74 Å². The zero-order valence-electron chi connectivity index (χ0n) is 12.5. The fourth-order valence-corrected chi connectivity index (χ4v) is 1.71. The molecule has 0 aliphatic carbocycles. The lowest BCUT2D eigenvalue weighted by Crippen LogP contribution is -2.34. The van der Waals surface area contributed by atoms with Gasteiger partial charge in [0, 0.05) is 19.2 Å². The van der Waals surface area contributed by atoms with Crippen molar-refractivity contribution < 1.29 is 23.4 Å². The number of carbonyl (C=O) groups excluding carboxylic acids is 1. The number of amides is 1. The number of aromatic hydroxyl groups is 1. The smallest absolute Gasteiger partial charge is 0.410 e. The van der Waals surface area contributed by atoms with Crippen molar-refractivity contribution in [3.05, 3.63) is 29.8 Å². The molecule has 0 spiro atoms. The summed E-state index contributed by atoms with van der Waals surface area (Å²) in [6.07, 6.45) is 2.05. The average molecular weight is 301 g/mol. The highest BCUT2D eigenvalue weighted by atomic mass is 19.2. The molecule has 4 nitrogen and oxygen atoms in total. The normalized spacial score (nSPS) is 14.4. The van der Waals surface area contributed by atoms with Crippen molar-refractivity contribution in [3.63, 3.8) is 0 Å². The molecule has 0 radical (unpaired) electrons. The summed E-state index contributed by atoms with van der Waals surface area (Å²) in [6.45, 7) is 7.38. The minimum atomic E-state index is -1.03. The molecule has 0 bridgehead atoms. The molecule has 1 N–H and O–H groups in total. The Labute approximate surface area is 123 Å². The predicted molar refractivity (Wildman–Crippen MR) is 75.1 cm³/mol. The molecule has 1 aliphatic heterocycles. The molecule has 1 saturated heterocycles. The van der Waals surface area contributed by atoms with E-state index < -0.39 is 11.6 Å². The quantitative estimate of drug-likeness (QED) is 0.795. The fraction of sp³-hybridized carbons (Fsp3) is 0.533. The molecule has 1 amide bonds. The van der Waals surface area contributed by atoms with Crippen molar-refractivity contribution in [1.29, 1.82) is 0 Å². The van der Waals surface area contributed by atoms with Gasteiger partial charge in [-0.05, 0) is 45.7 Å². The highest BCUT2D eigenvalue weighted by Crippen LogP contribution is 2.14. The van der Waals surface area contributed by atoms with E-state index in [9.17, 15) is 13.6 Å². The summed E-state index contributed by atoms with van der Waals surface area (Å²) < 4.78 is 29.3. The minimum Gasteiger partial charge on any atom is -0.508 e. The summed E-state index contributed by atoms with van der Waals surface area (Å²) in [7, 11) is 0. The van der Waals surface area contributed by atoms with Crippen LogP contribution in [0, 0.1) is 11.6 Å². The molecule has 0 unspecified atom stereocenters. The third-order valence-electron chi connectivity index (χ3n) is 2.66. The Balaban J connectivity index is 0.000000219. The van der Waals surface area contributed by atoms with Crippen LogP contribution in [0.3, 0.4) is 0 Å². The lowest BCUT2D eigenvalue weighted by Gasteiger charge is -2.23. The summed E-state index contributed by atoms with van der Waals surface area (Å²) in [5.41, 5.74) is -0.361. The van der Waals surface area contributed by atoms with Gasteiger partial charge < -0.3 is 14.7 Å². The summed E-state index contributed by atoms with van der Waals surface area (Å²) in [6, 6.07) is 2.67. The third kappa shape index (κ3) is 6.42. The van der Waals surface area contributed by atoms with Gasteiger partial charge in [-0.25, -0.2) is 13.6 Å². The summed E-state index contributed by atoms with van der Waals surface area (Å²) in [5.74, 6) is -2.25. The fourth-order valence-electron chi connectivity index (χ4n) is 1.71. The Bertz CT molecular complexity index is 480. The van der Waals surface area contributed by atoms with Gasteiger partial charge in [-0.15, -0.1) is 0 Å². The SMILES string of the molecule is CC(C)(C)OC(=O)N1CCCC1.Oc1ccc(F)c(F)c1. The van der Waals surface area contributed by atoms with E-state index in [1.54, 1.807) is 4.90 Å². The van der Waals surface area contributed by atoms with Crippen LogP contribution in [-0.4, -0.2) is 34.8 Å². The van der Waals surface area contributed by atoms with Gasteiger partial charge in [-0.2, -0.15) is 0 Å². The van der Waals surface area contributed by atoms with Crippen molar-refractivity contribution >= 4 is 6.09 Å². The van der Waals surface area contributed by atoms with Crippen LogP contribution in [0.15, 0.2) is 18.2 Å². The van der Waals surface area contributed by atoms with Crippen LogP contribution >= 0.6 is 0 Å². The van der Waals surface area contributed by atoms with Crippen LogP contribution in [0.2, 0.25) is 0 Å². The van der Waals surface area contributed by atoms with E-state index in [0.29, 0.717) is 0 Å². The van der Waals surface area contributed by atoms with Crippen molar-refractivity contribution in [3.8, 4) is 5.75 Å². The maximum Gasteiger partial charge on any atom is 0.410 e. The highest BCUT2D eigenvalue weighted by Gasteiger charge is 2.23. The second-order valence-corrected chi connectivity index (χ2v) is 5.77. The van der Waals surface area contributed by atoms with E-state index in [4.69, 9.17) is 9.84 Å². The first-order chi connectivity index (χ1) is 9.69. The Hall–Kier alpha value is -1.85. The maximum atomic E-state index is 12.0. The van der Waals surface area contributed by atoms with Gasteiger partial charge in [0.25, 0.3) is 0 Å². The molecule has 1 fully saturated rings. The van der Waals surface area contributed by atoms with E-state index in [-0.39, 0.29) is 17.4 Å². The van der Waals surface area contributed by atoms with Gasteiger partial charge in [0.2, 0.25) is 0 Å². The van der Waals surface area contributed by atoms with Crippen molar-refractivity contribution in [2.45, 2.75) is 39.2 Å². The summed E-state index contributed by atoms with van der Waals surface area (Å²) >= 11 is 0. The van der Waals surface area contributed by atoms with Crippen molar-refractivity contribution in [2.75, 3.05) is 13.1 Å². The van der Waals surface area contributed by atoms with Gasteiger partial charge in [-0.3, -0.25) is 0 Å². The Kier molecular flexibility index (Phi) is 5.93. The molecule has 2 rings (SSSR count). The first-order valence-corrected chi connectivity index (χ1v) is 6.81. The molecule has 21 heavy (non-hydrogen) atoms. The number of hydrogen-bond donors (Lipinski definition) is 1. The van der Waals surface area contributed by atoms with E-state index >= 15 is 0 Å². The third-order valence-corrected chi connectivity index (χ3v) is 2.66. The first-order valence-electron chi connectivity index (χ1n) is 6.81. The number of ether oxygens (including phenoxy) is 1. The average Bonchev–Trinajstić information content (AvgIpc) is 2.87. The van der Waals surface area contributed by atoms with Crippen LogP contribution < -0.4 is 0 Å². The largest absolute Gasteiger partial charge is 0.508 e. The van der Waals surface area contributed by atoms with Crippen LogP contribution in [0.4, 0.5) is 13.6 Å². The number of nitrogens with zero attached hydrogens (tertiary/aromatic N) is 1. The lowest BCUT2D eigenvalue weighted by atomic mass is 10.2. The van der Waals surface area contributed by atoms with Crippen LogP contribution in [0.5, 0.6) is 5.75 Å². The maximum absolute atomic E-state index is 12.0. The summed E-state index contributed by atoms with van der Waals surface area (Å²) in [5, 5.41) is 8.53. The standard InChI is InChI=1S/C9H17NO2.C6H4F2O/c1-9(2,3)12-8(11)10-6-4-5-7-10;7-5-2-1-4(9)3-6(5)8/h4-7H2,1-3H3;1-3,9H. The number of likely N-dealkylation sites (tertiary alicyclic amines) is 1. The Morgan fingerprint density at radius 3 is 2.19 bits per heavy atom. The van der Waals surface area contributed by atoms with Gasteiger partial charge in [0.1, 0.15) is 11.4 Å². The number of phenols is 1. The zero-order valence-corrected chi connectivity index (χ0v) is 12.5. The van der Waals surface area contributed by atoms with Gasteiger partial charge in [0.05, 0.1) is 0 Å². The number of halogens is 2. The molecule has 1 aromatic rings. The molecule has 118 valence electrons. The molecule has 0 saturated carbocycles. The van der Waals surface area contributed by atoms with Gasteiger partial charge >= 0.3 is 6.09 Å². The van der Waals surface area contributed by atoms with Gasteiger partial charge in [-0.1, -0.05) is 0 Å². The molecule has 1 aliphatic rings. The van der Waals surface area contributed by atoms with Crippen molar-refractivity contribution in [2.24, 2.45) is 0 Å². The summed E-state index contributed by atoms with van der Waals surface area (Å²) in [4.78, 5) is 13.1. The predicted octanol–water partition coefficient (Wildman–Crippen LogP) is 3.69. The zero-order chi connectivity index (χ0) is 16.0. The highest BCUT2D eigenvalue weighted by molar-refractivity contribution is 5.68. The Morgan fingerprint density at radius 2 is 1.76 bits per heavy atom. The van der Waals surface area contributed by atoms with Gasteiger partial charge in [0.15, 0.2) is 11.6 Å². The number of carbonyl (C=O) groups is 1. The van der Waals surface area contributed by atoms with E-state index in [1.807, 2.05) is 20.8 Å². The second kappa shape index (κ2) is 7.24. The van der Waals surface area contributed by atoms with E-state index in [2.05, 4.69) is 0 Å². The minimum absolute atomic E-state index is 0.167. The molecule has 0 aromatic heterocycles. The Morgan fingerprint density at radius 1 is 1.19 bits per heavy atom. The number of phenolic OH excluding ortho intramolecular Hbond substituents is 1. The number of rotatable bonds is 0. The molecule has 1 heterocycles. The molecule has 0 atom stereocenters. The molecule has 1 aromatic carbocycles. The molecule has 6 heteroatoms. The second-order valence-electron chi connectivity index (χ2n) is 5.77.